The van der Waals surface area contributed by atoms with Crippen molar-refractivity contribution in [2.75, 3.05) is 13.2 Å². The van der Waals surface area contributed by atoms with Crippen molar-refractivity contribution in [3.8, 4) is 5.75 Å². The lowest BCUT2D eigenvalue weighted by Gasteiger charge is -2.32. The van der Waals surface area contributed by atoms with E-state index in [2.05, 4.69) is 25.1 Å². The summed E-state index contributed by atoms with van der Waals surface area (Å²) in [6, 6.07) is 6.02. The third-order valence-corrected chi connectivity index (χ3v) is 8.80. The first-order valence-electron chi connectivity index (χ1n) is 14.7. The van der Waals surface area contributed by atoms with E-state index in [1.54, 1.807) is 0 Å². The van der Waals surface area contributed by atoms with E-state index in [0.717, 1.165) is 70.1 Å². The standard InChI is InChI=1S/C31H46O5/c1-2-3-4-11-24(35-30-13-5-7-17-33-30)15-16-25-26-19-22-10-9-12-28(32)27(22)20-23(26)21-29(25)36-31-14-6-8-18-34-31/h9-10,12,15-16,23-26,29-32H,2-8,11,13-14,17-21H2,1H3/b16-15+/t23?,24-,25+,26-,29?,30?,31?/m0/s1. The van der Waals surface area contributed by atoms with E-state index in [-0.39, 0.29) is 24.8 Å². The van der Waals surface area contributed by atoms with Crippen LogP contribution in [0.4, 0.5) is 0 Å². The average Bonchev–Trinajstić information content (AvgIpc) is 3.23. The summed E-state index contributed by atoms with van der Waals surface area (Å²) in [6.45, 7) is 3.87. The van der Waals surface area contributed by atoms with Gasteiger partial charge in [-0.1, -0.05) is 50.5 Å². The SMILES string of the molecule is CCCCC[C@@H](/C=C/[C@H]1C(OC2CCCCO2)CC2Cc3c(O)cccc3C[C@@H]21)OC1CCCCO1. The zero-order chi connectivity index (χ0) is 24.7. The molecule has 1 saturated carbocycles. The van der Waals surface area contributed by atoms with Crippen LogP contribution in [0.15, 0.2) is 30.4 Å². The molecular formula is C31H46O5. The van der Waals surface area contributed by atoms with Crippen molar-refractivity contribution in [1.29, 1.82) is 0 Å². The van der Waals surface area contributed by atoms with Gasteiger partial charge in [0, 0.05) is 19.1 Å². The van der Waals surface area contributed by atoms with Crippen LogP contribution in [0.1, 0.15) is 88.7 Å². The monoisotopic (exact) mass is 498 g/mol. The summed E-state index contributed by atoms with van der Waals surface area (Å²) in [6.07, 6.45) is 19.1. The van der Waals surface area contributed by atoms with E-state index in [0.29, 0.717) is 23.5 Å². The Morgan fingerprint density at radius 1 is 1.03 bits per heavy atom. The number of benzene rings is 1. The summed E-state index contributed by atoms with van der Waals surface area (Å²) in [4.78, 5) is 0. The Hall–Kier alpha value is -1.40. The van der Waals surface area contributed by atoms with Gasteiger partial charge in [0.2, 0.25) is 0 Å². The minimum Gasteiger partial charge on any atom is -0.508 e. The third-order valence-electron chi connectivity index (χ3n) is 8.80. The van der Waals surface area contributed by atoms with Gasteiger partial charge in [-0.25, -0.2) is 0 Å². The van der Waals surface area contributed by atoms with Crippen LogP contribution in [-0.2, 0) is 31.8 Å². The maximum atomic E-state index is 10.5. The molecule has 2 aliphatic carbocycles. The highest BCUT2D eigenvalue weighted by atomic mass is 16.7. The minimum absolute atomic E-state index is 0.0708. The largest absolute Gasteiger partial charge is 0.508 e. The Morgan fingerprint density at radius 2 is 1.83 bits per heavy atom. The number of hydrogen-bond donors (Lipinski definition) is 1. The Balaban J connectivity index is 1.33. The van der Waals surface area contributed by atoms with Crippen molar-refractivity contribution >= 4 is 0 Å². The van der Waals surface area contributed by atoms with Gasteiger partial charge in [0.25, 0.3) is 0 Å². The van der Waals surface area contributed by atoms with Crippen LogP contribution in [0.2, 0.25) is 0 Å². The van der Waals surface area contributed by atoms with E-state index in [1.165, 1.54) is 37.7 Å². The van der Waals surface area contributed by atoms with E-state index in [4.69, 9.17) is 18.9 Å². The molecule has 4 aliphatic rings. The van der Waals surface area contributed by atoms with Crippen molar-refractivity contribution in [2.24, 2.45) is 17.8 Å². The summed E-state index contributed by atoms with van der Waals surface area (Å²) < 4.78 is 25.1. The smallest absolute Gasteiger partial charge is 0.158 e. The fraction of sp³-hybridized carbons (Fsp3) is 0.742. The quantitative estimate of drug-likeness (QED) is 0.287. The molecule has 2 saturated heterocycles. The van der Waals surface area contributed by atoms with E-state index >= 15 is 0 Å². The molecule has 0 spiro atoms. The molecule has 1 N–H and O–H groups in total. The van der Waals surface area contributed by atoms with Crippen LogP contribution in [0.25, 0.3) is 0 Å². The summed E-state index contributed by atoms with van der Waals surface area (Å²) in [5.74, 6) is 1.83. The van der Waals surface area contributed by atoms with Crippen molar-refractivity contribution in [3.05, 3.63) is 41.5 Å². The van der Waals surface area contributed by atoms with E-state index in [9.17, 15) is 5.11 Å². The highest BCUT2D eigenvalue weighted by Crippen LogP contribution is 2.48. The van der Waals surface area contributed by atoms with Crippen LogP contribution < -0.4 is 0 Å². The number of ether oxygens (including phenoxy) is 4. The van der Waals surface area contributed by atoms with Crippen LogP contribution >= 0.6 is 0 Å². The van der Waals surface area contributed by atoms with Crippen LogP contribution in [-0.4, -0.2) is 43.1 Å². The molecule has 0 aromatic heterocycles. The summed E-state index contributed by atoms with van der Waals surface area (Å²) >= 11 is 0. The van der Waals surface area contributed by atoms with Gasteiger partial charge in [-0.3, -0.25) is 0 Å². The number of phenolic OH excluding ortho intramolecular Hbond substituents is 1. The molecule has 0 bridgehead atoms. The van der Waals surface area contributed by atoms with Gasteiger partial charge in [-0.2, -0.15) is 0 Å². The summed E-state index contributed by atoms with van der Waals surface area (Å²) in [5.41, 5.74) is 2.45. The molecule has 1 aromatic carbocycles. The molecule has 200 valence electrons. The highest BCUT2D eigenvalue weighted by molar-refractivity contribution is 5.42. The zero-order valence-electron chi connectivity index (χ0n) is 22.1. The Labute approximate surface area is 217 Å². The molecule has 2 heterocycles. The van der Waals surface area contributed by atoms with Crippen LogP contribution in [0.3, 0.4) is 0 Å². The van der Waals surface area contributed by atoms with Crippen molar-refractivity contribution < 1.29 is 24.1 Å². The lowest BCUT2D eigenvalue weighted by atomic mass is 9.74. The first-order chi connectivity index (χ1) is 17.7. The zero-order valence-corrected chi connectivity index (χ0v) is 22.1. The van der Waals surface area contributed by atoms with Gasteiger partial charge in [0.1, 0.15) is 5.75 Å². The predicted octanol–water partition coefficient (Wildman–Crippen LogP) is 6.70. The minimum atomic E-state index is -0.0807. The molecule has 2 aliphatic heterocycles. The third kappa shape index (κ3) is 6.53. The number of hydrogen-bond acceptors (Lipinski definition) is 5. The molecule has 5 heteroatoms. The Morgan fingerprint density at radius 3 is 2.58 bits per heavy atom. The molecule has 0 amide bonds. The summed E-state index contributed by atoms with van der Waals surface area (Å²) in [7, 11) is 0. The second-order valence-corrected chi connectivity index (χ2v) is 11.4. The van der Waals surface area contributed by atoms with Gasteiger partial charge in [0.05, 0.1) is 12.2 Å². The number of fused-ring (bicyclic) bond motifs is 2. The van der Waals surface area contributed by atoms with Crippen molar-refractivity contribution in [1.82, 2.24) is 0 Å². The van der Waals surface area contributed by atoms with Gasteiger partial charge in [-0.15, -0.1) is 0 Å². The topological polar surface area (TPSA) is 57.2 Å². The number of rotatable bonds is 10. The van der Waals surface area contributed by atoms with Gasteiger partial charge in [-0.05, 0) is 93.2 Å². The average molecular weight is 499 g/mol. The number of phenols is 1. The van der Waals surface area contributed by atoms with Gasteiger partial charge >= 0.3 is 0 Å². The Kier molecular flexibility index (Phi) is 9.40. The second-order valence-electron chi connectivity index (χ2n) is 11.4. The molecule has 5 nitrogen and oxygen atoms in total. The molecule has 5 rings (SSSR count). The first-order valence-corrected chi connectivity index (χ1v) is 14.7. The fourth-order valence-corrected chi connectivity index (χ4v) is 6.82. The Bertz CT molecular complexity index is 841. The molecule has 36 heavy (non-hydrogen) atoms. The van der Waals surface area contributed by atoms with Gasteiger partial charge in [0.15, 0.2) is 12.6 Å². The maximum Gasteiger partial charge on any atom is 0.158 e. The van der Waals surface area contributed by atoms with Crippen molar-refractivity contribution in [2.45, 2.75) is 115 Å². The molecular weight excluding hydrogens is 452 g/mol. The lowest BCUT2D eigenvalue weighted by Crippen LogP contribution is -2.32. The normalized spacial score (nSPS) is 33.4. The lowest BCUT2D eigenvalue weighted by molar-refractivity contribution is -0.193. The van der Waals surface area contributed by atoms with Gasteiger partial charge < -0.3 is 24.1 Å². The second kappa shape index (κ2) is 12.9. The van der Waals surface area contributed by atoms with Crippen LogP contribution in [0, 0.1) is 17.8 Å². The fourth-order valence-electron chi connectivity index (χ4n) is 6.82. The molecule has 4 unspecified atom stereocenters. The van der Waals surface area contributed by atoms with Crippen molar-refractivity contribution in [3.63, 3.8) is 0 Å². The highest BCUT2D eigenvalue weighted by Gasteiger charge is 2.46. The number of aromatic hydroxyl groups is 1. The number of unbranched alkanes of at least 4 members (excludes halogenated alkanes) is 2. The summed E-state index contributed by atoms with van der Waals surface area (Å²) in [5, 5.41) is 10.5. The van der Waals surface area contributed by atoms with E-state index < -0.39 is 0 Å². The maximum absolute atomic E-state index is 10.5. The first kappa shape index (κ1) is 26.2. The molecule has 1 aromatic rings. The van der Waals surface area contributed by atoms with Crippen LogP contribution in [0.5, 0.6) is 5.75 Å². The molecule has 7 atom stereocenters. The molecule has 3 fully saturated rings. The molecule has 0 radical (unpaired) electrons. The van der Waals surface area contributed by atoms with E-state index in [1.807, 2.05) is 12.1 Å². The predicted molar refractivity (Wildman–Crippen MR) is 141 cm³/mol.